The van der Waals surface area contributed by atoms with Crippen molar-refractivity contribution in [3.63, 3.8) is 0 Å². The molecular weight excluding hydrogens is 400 g/mol. The molecule has 1 aromatic heterocycles. The van der Waals surface area contributed by atoms with Crippen molar-refractivity contribution in [1.82, 2.24) is 14.7 Å². The number of hydrogen-bond donors (Lipinski definition) is 1. The fraction of sp³-hybridized carbons (Fsp3) is 0.227. The normalized spacial score (nSPS) is 13.8. The molecule has 0 radical (unpaired) electrons. The first kappa shape index (κ1) is 20.2. The van der Waals surface area contributed by atoms with E-state index >= 15 is 0 Å². The first-order valence-electron chi connectivity index (χ1n) is 9.66. The molecule has 2 heterocycles. The van der Waals surface area contributed by atoms with Gasteiger partial charge in [0.1, 0.15) is 5.69 Å². The third-order valence-corrected chi connectivity index (χ3v) is 5.82. The number of amides is 2. The minimum Gasteiger partial charge on any atom is -0.378 e. The summed E-state index contributed by atoms with van der Waals surface area (Å²) in [7, 11) is 1.66. The van der Waals surface area contributed by atoms with E-state index in [2.05, 4.69) is 10.4 Å². The highest BCUT2D eigenvalue weighted by Gasteiger charge is 2.24. The fourth-order valence-electron chi connectivity index (χ4n) is 3.17. The summed E-state index contributed by atoms with van der Waals surface area (Å²) in [4.78, 5) is 29.3. The number of rotatable bonds is 5. The zero-order valence-corrected chi connectivity index (χ0v) is 17.4. The lowest BCUT2D eigenvalue weighted by Crippen LogP contribution is -2.40. The van der Waals surface area contributed by atoms with Crippen molar-refractivity contribution in [3.05, 3.63) is 72.1 Å². The van der Waals surface area contributed by atoms with Crippen molar-refractivity contribution in [1.29, 1.82) is 0 Å². The summed E-state index contributed by atoms with van der Waals surface area (Å²) < 4.78 is 6.73. The minimum absolute atomic E-state index is 0.187. The predicted octanol–water partition coefficient (Wildman–Crippen LogP) is 3.30. The first-order valence-corrected chi connectivity index (χ1v) is 10.5. The van der Waals surface area contributed by atoms with Crippen LogP contribution in [0, 0.1) is 0 Å². The van der Waals surface area contributed by atoms with Crippen LogP contribution < -0.4 is 5.32 Å². The Labute approximate surface area is 179 Å². The number of nitrogens with one attached hydrogen (secondary N) is 1. The van der Waals surface area contributed by atoms with Gasteiger partial charge < -0.3 is 15.0 Å². The number of morpholine rings is 1. The summed E-state index contributed by atoms with van der Waals surface area (Å²) >= 11 is 1.57. The SMILES string of the molecule is Cn1nc(C(=O)N2CCOCC2)cc1C(=O)Nc1ccccc1Sc1ccccc1. The standard InChI is InChI=1S/C22H22N4O3S/c1-25-19(15-18(24-25)22(28)26-11-13-29-14-12-26)21(27)23-17-9-5-6-10-20(17)30-16-7-3-2-4-8-16/h2-10,15H,11-14H2,1H3,(H,23,27). The molecule has 30 heavy (non-hydrogen) atoms. The van der Waals surface area contributed by atoms with E-state index in [-0.39, 0.29) is 17.5 Å². The zero-order valence-electron chi connectivity index (χ0n) is 16.6. The highest BCUT2D eigenvalue weighted by Crippen LogP contribution is 2.33. The second kappa shape index (κ2) is 9.15. The van der Waals surface area contributed by atoms with E-state index in [9.17, 15) is 9.59 Å². The molecule has 0 unspecified atom stereocenters. The molecule has 2 aromatic carbocycles. The van der Waals surface area contributed by atoms with Crippen LogP contribution >= 0.6 is 11.8 Å². The van der Waals surface area contributed by atoms with Crippen LogP contribution in [0.25, 0.3) is 0 Å². The summed E-state index contributed by atoms with van der Waals surface area (Å²) in [5, 5.41) is 7.21. The van der Waals surface area contributed by atoms with Crippen molar-refractivity contribution in [2.45, 2.75) is 9.79 Å². The van der Waals surface area contributed by atoms with Crippen molar-refractivity contribution < 1.29 is 14.3 Å². The first-order chi connectivity index (χ1) is 14.6. The maximum Gasteiger partial charge on any atom is 0.274 e. The van der Waals surface area contributed by atoms with Crippen molar-refractivity contribution in [3.8, 4) is 0 Å². The lowest BCUT2D eigenvalue weighted by Gasteiger charge is -2.25. The van der Waals surface area contributed by atoms with Gasteiger partial charge in [-0.15, -0.1) is 0 Å². The van der Waals surface area contributed by atoms with E-state index < -0.39 is 0 Å². The Bertz CT molecular complexity index is 1050. The van der Waals surface area contributed by atoms with Crippen LogP contribution in [0.4, 0.5) is 5.69 Å². The number of aromatic nitrogens is 2. The molecule has 7 nitrogen and oxygen atoms in total. The number of aryl methyl sites for hydroxylation is 1. The zero-order chi connectivity index (χ0) is 20.9. The summed E-state index contributed by atoms with van der Waals surface area (Å²) in [6, 6.07) is 19.1. The van der Waals surface area contributed by atoms with E-state index in [0.717, 1.165) is 9.79 Å². The maximum absolute atomic E-state index is 12.9. The van der Waals surface area contributed by atoms with Gasteiger partial charge in [-0.1, -0.05) is 42.1 Å². The molecular formula is C22H22N4O3S. The molecule has 1 fully saturated rings. The maximum atomic E-state index is 12.9. The Morgan fingerprint density at radius 1 is 1.03 bits per heavy atom. The van der Waals surface area contributed by atoms with Gasteiger partial charge in [-0.3, -0.25) is 14.3 Å². The predicted molar refractivity (Wildman–Crippen MR) is 115 cm³/mol. The topological polar surface area (TPSA) is 76.5 Å². The van der Waals surface area contributed by atoms with Gasteiger partial charge in [0.05, 0.1) is 18.9 Å². The third kappa shape index (κ3) is 4.55. The van der Waals surface area contributed by atoms with Crippen LogP contribution in [0.1, 0.15) is 21.0 Å². The van der Waals surface area contributed by atoms with Gasteiger partial charge in [0.15, 0.2) is 5.69 Å². The van der Waals surface area contributed by atoms with Crippen LogP contribution in [-0.4, -0.2) is 52.8 Å². The molecule has 0 bridgehead atoms. The molecule has 0 saturated carbocycles. The average molecular weight is 423 g/mol. The van der Waals surface area contributed by atoms with Crippen LogP contribution in [0.2, 0.25) is 0 Å². The van der Waals surface area contributed by atoms with E-state index in [1.54, 1.807) is 29.8 Å². The summed E-state index contributed by atoms with van der Waals surface area (Å²) in [6.07, 6.45) is 0. The largest absolute Gasteiger partial charge is 0.378 e. The summed E-state index contributed by atoms with van der Waals surface area (Å²) in [6.45, 7) is 2.09. The molecule has 1 saturated heterocycles. The molecule has 0 aliphatic carbocycles. The minimum atomic E-state index is -0.313. The molecule has 2 amide bonds. The van der Waals surface area contributed by atoms with Gasteiger partial charge in [-0.25, -0.2) is 0 Å². The van der Waals surface area contributed by atoms with Crippen LogP contribution in [0.5, 0.6) is 0 Å². The second-order valence-electron chi connectivity index (χ2n) is 6.81. The Balaban J connectivity index is 1.51. The molecule has 0 spiro atoms. The van der Waals surface area contributed by atoms with E-state index in [4.69, 9.17) is 4.74 Å². The Kier molecular flexibility index (Phi) is 6.15. The number of anilines is 1. The number of ether oxygens (including phenoxy) is 1. The van der Waals surface area contributed by atoms with E-state index in [1.165, 1.54) is 4.68 Å². The molecule has 1 aliphatic rings. The van der Waals surface area contributed by atoms with Crippen LogP contribution in [0.3, 0.4) is 0 Å². The van der Waals surface area contributed by atoms with Crippen LogP contribution in [-0.2, 0) is 11.8 Å². The molecule has 1 aliphatic heterocycles. The van der Waals surface area contributed by atoms with Gasteiger partial charge in [-0.2, -0.15) is 5.10 Å². The number of hydrogen-bond acceptors (Lipinski definition) is 5. The lowest BCUT2D eigenvalue weighted by molar-refractivity contribution is 0.0298. The highest BCUT2D eigenvalue weighted by molar-refractivity contribution is 7.99. The Morgan fingerprint density at radius 3 is 2.50 bits per heavy atom. The van der Waals surface area contributed by atoms with Crippen molar-refractivity contribution in [2.75, 3.05) is 31.6 Å². The quantitative estimate of drug-likeness (QED) is 0.683. The number of nitrogens with zero attached hydrogens (tertiary/aromatic N) is 3. The third-order valence-electron chi connectivity index (χ3n) is 4.74. The van der Waals surface area contributed by atoms with Crippen LogP contribution in [0.15, 0.2) is 70.5 Å². The van der Waals surface area contributed by atoms with Gasteiger partial charge in [0.2, 0.25) is 0 Å². The summed E-state index contributed by atoms with van der Waals surface area (Å²) in [5.41, 5.74) is 1.29. The molecule has 1 N–H and O–H groups in total. The highest BCUT2D eigenvalue weighted by atomic mass is 32.2. The van der Waals surface area contributed by atoms with Crippen molar-refractivity contribution in [2.24, 2.45) is 7.05 Å². The van der Waals surface area contributed by atoms with Gasteiger partial charge >= 0.3 is 0 Å². The summed E-state index contributed by atoms with van der Waals surface area (Å²) in [5.74, 6) is -0.500. The Hall–Kier alpha value is -3.10. The van der Waals surface area contributed by atoms with E-state index in [1.807, 2.05) is 54.6 Å². The number of benzene rings is 2. The van der Waals surface area contributed by atoms with Gasteiger partial charge in [0.25, 0.3) is 11.8 Å². The number of carbonyl (C=O) groups is 2. The fourth-order valence-corrected chi connectivity index (χ4v) is 4.10. The smallest absolute Gasteiger partial charge is 0.274 e. The van der Waals surface area contributed by atoms with Gasteiger partial charge in [0, 0.05) is 36.0 Å². The monoisotopic (exact) mass is 422 g/mol. The van der Waals surface area contributed by atoms with Gasteiger partial charge in [-0.05, 0) is 24.3 Å². The molecule has 0 atom stereocenters. The number of carbonyl (C=O) groups excluding carboxylic acids is 2. The number of para-hydroxylation sites is 1. The average Bonchev–Trinajstić information content (AvgIpc) is 3.17. The van der Waals surface area contributed by atoms with Crippen molar-refractivity contribution >= 4 is 29.3 Å². The second-order valence-corrected chi connectivity index (χ2v) is 7.92. The molecule has 4 rings (SSSR count). The molecule has 3 aromatic rings. The molecule has 8 heteroatoms. The lowest BCUT2D eigenvalue weighted by atomic mass is 10.2. The van der Waals surface area contributed by atoms with E-state index in [0.29, 0.717) is 37.7 Å². The molecule has 154 valence electrons. The Morgan fingerprint density at radius 2 is 1.73 bits per heavy atom.